The van der Waals surface area contributed by atoms with E-state index in [1.807, 2.05) is 61.5 Å². The number of aromatic nitrogens is 1. The van der Waals surface area contributed by atoms with Crippen LogP contribution in [0.15, 0.2) is 78.9 Å². The Morgan fingerprint density at radius 2 is 1.72 bits per heavy atom. The van der Waals surface area contributed by atoms with Crippen molar-refractivity contribution in [3.63, 3.8) is 0 Å². The van der Waals surface area contributed by atoms with Gasteiger partial charge in [0, 0.05) is 23.1 Å². The number of aryl methyl sites for hydroxylation is 2. The fourth-order valence-corrected chi connectivity index (χ4v) is 3.78. The first-order chi connectivity index (χ1) is 14.2. The summed E-state index contributed by atoms with van der Waals surface area (Å²) in [5.74, 6) is 0.689. The van der Waals surface area contributed by atoms with Crippen LogP contribution in [0, 0.1) is 6.92 Å². The second kappa shape index (κ2) is 8.36. The third kappa shape index (κ3) is 3.95. The molecule has 3 nitrogen and oxygen atoms in total. The van der Waals surface area contributed by atoms with Crippen LogP contribution in [0.25, 0.3) is 10.9 Å². The Morgan fingerprint density at radius 3 is 2.52 bits per heavy atom. The second-order valence-electron chi connectivity index (χ2n) is 7.24. The van der Waals surface area contributed by atoms with Crippen molar-refractivity contribution in [3.05, 3.63) is 101 Å². The number of benzene rings is 3. The maximum absolute atomic E-state index is 13.3. The Bertz CT molecular complexity index is 1140. The molecule has 0 saturated carbocycles. The average Bonchev–Trinajstić information content (AvgIpc) is 3.10. The monoisotopic (exact) mass is 383 g/mol. The van der Waals surface area contributed by atoms with Gasteiger partial charge in [0.25, 0.3) is 5.91 Å². The summed E-state index contributed by atoms with van der Waals surface area (Å²) in [7, 11) is 0. The average molecular weight is 383 g/mol. The molecule has 0 unspecified atom stereocenters. The second-order valence-corrected chi connectivity index (χ2v) is 7.24. The van der Waals surface area contributed by atoms with Crippen LogP contribution >= 0.6 is 0 Å². The van der Waals surface area contributed by atoms with Crippen molar-refractivity contribution in [3.8, 4) is 5.75 Å². The first-order valence-corrected chi connectivity index (χ1v) is 10.1. The fraction of sp³-hybridized carbons (Fsp3) is 0.192. The molecular formula is C26H25NO2. The van der Waals surface area contributed by atoms with Crippen LogP contribution in [0.1, 0.15) is 34.1 Å². The van der Waals surface area contributed by atoms with E-state index in [1.165, 1.54) is 11.1 Å². The molecule has 4 aromatic rings. The molecule has 4 rings (SSSR count). The van der Waals surface area contributed by atoms with Crippen LogP contribution in [0.3, 0.4) is 0 Å². The van der Waals surface area contributed by atoms with Crippen LogP contribution in [-0.2, 0) is 12.8 Å². The van der Waals surface area contributed by atoms with Gasteiger partial charge < -0.3 is 4.74 Å². The largest absolute Gasteiger partial charge is 0.493 e. The number of hydrogen-bond donors (Lipinski definition) is 0. The Morgan fingerprint density at radius 1 is 0.931 bits per heavy atom. The van der Waals surface area contributed by atoms with Crippen molar-refractivity contribution in [2.45, 2.75) is 26.7 Å². The Labute approximate surface area is 171 Å². The molecule has 1 heterocycles. The topological polar surface area (TPSA) is 31.2 Å². The normalized spacial score (nSPS) is 11.0. The van der Waals surface area contributed by atoms with Crippen molar-refractivity contribution >= 4 is 16.8 Å². The highest BCUT2D eigenvalue weighted by Gasteiger charge is 2.16. The summed E-state index contributed by atoms with van der Waals surface area (Å²) in [5, 5.41) is 1.15. The molecular weight excluding hydrogens is 358 g/mol. The number of hydrogen-bond acceptors (Lipinski definition) is 2. The zero-order valence-corrected chi connectivity index (χ0v) is 16.9. The highest BCUT2D eigenvalue weighted by Crippen LogP contribution is 2.25. The van der Waals surface area contributed by atoms with Crippen LogP contribution in [0.5, 0.6) is 5.75 Å². The van der Waals surface area contributed by atoms with Gasteiger partial charge >= 0.3 is 0 Å². The third-order valence-corrected chi connectivity index (χ3v) is 5.29. The predicted octanol–water partition coefficient (Wildman–Crippen LogP) is 5.82. The minimum atomic E-state index is -0.0285. The van der Waals surface area contributed by atoms with Gasteiger partial charge in [-0.05, 0) is 54.8 Å². The van der Waals surface area contributed by atoms with E-state index in [2.05, 4.69) is 31.2 Å². The van der Waals surface area contributed by atoms with Crippen molar-refractivity contribution in [2.24, 2.45) is 0 Å². The first-order valence-electron chi connectivity index (χ1n) is 10.1. The molecule has 3 heteroatoms. The minimum Gasteiger partial charge on any atom is -0.493 e. The smallest absolute Gasteiger partial charge is 0.262 e. The molecule has 0 saturated heterocycles. The summed E-state index contributed by atoms with van der Waals surface area (Å²) >= 11 is 0. The molecule has 0 bridgehead atoms. The van der Waals surface area contributed by atoms with Crippen molar-refractivity contribution < 1.29 is 9.53 Å². The van der Waals surface area contributed by atoms with Crippen LogP contribution in [0.2, 0.25) is 0 Å². The van der Waals surface area contributed by atoms with Gasteiger partial charge in [-0.25, -0.2) is 0 Å². The van der Waals surface area contributed by atoms with Gasteiger partial charge in [-0.15, -0.1) is 0 Å². The molecule has 29 heavy (non-hydrogen) atoms. The van der Waals surface area contributed by atoms with E-state index in [9.17, 15) is 4.79 Å². The van der Waals surface area contributed by atoms with E-state index in [0.29, 0.717) is 12.2 Å². The van der Waals surface area contributed by atoms with E-state index in [0.717, 1.165) is 35.2 Å². The summed E-state index contributed by atoms with van der Waals surface area (Å²) in [6.07, 6.45) is 1.78. The molecule has 0 aliphatic rings. The number of carbonyl (C=O) groups excluding carboxylic acids is 1. The predicted molar refractivity (Wildman–Crippen MR) is 118 cm³/mol. The zero-order valence-electron chi connectivity index (χ0n) is 16.9. The van der Waals surface area contributed by atoms with E-state index in [4.69, 9.17) is 4.74 Å². The number of fused-ring (bicyclic) bond motifs is 1. The summed E-state index contributed by atoms with van der Waals surface area (Å²) in [5.41, 5.74) is 5.03. The molecule has 0 aliphatic carbocycles. The van der Waals surface area contributed by atoms with E-state index >= 15 is 0 Å². The highest BCUT2D eigenvalue weighted by atomic mass is 16.5. The summed E-state index contributed by atoms with van der Waals surface area (Å²) < 4.78 is 7.71. The Kier molecular flexibility index (Phi) is 5.48. The molecule has 0 N–H and O–H groups in total. The SMILES string of the molecule is CCc1cccc2c1cc(C)n2C(=O)c1cccc(OCCc2ccccc2)c1. The van der Waals surface area contributed by atoms with Crippen molar-refractivity contribution in [1.29, 1.82) is 0 Å². The number of nitrogens with zero attached hydrogens (tertiary/aromatic N) is 1. The molecule has 0 fully saturated rings. The minimum absolute atomic E-state index is 0.0285. The maximum atomic E-state index is 13.3. The van der Waals surface area contributed by atoms with Gasteiger partial charge in [0.2, 0.25) is 0 Å². The molecule has 3 aromatic carbocycles. The van der Waals surface area contributed by atoms with Gasteiger partial charge in [0.15, 0.2) is 0 Å². The van der Waals surface area contributed by atoms with Gasteiger partial charge in [0.05, 0.1) is 12.1 Å². The van der Waals surface area contributed by atoms with Crippen LogP contribution < -0.4 is 4.74 Å². The van der Waals surface area contributed by atoms with E-state index in [-0.39, 0.29) is 5.91 Å². The van der Waals surface area contributed by atoms with Gasteiger partial charge in [-0.3, -0.25) is 9.36 Å². The molecule has 0 atom stereocenters. The van der Waals surface area contributed by atoms with E-state index < -0.39 is 0 Å². The lowest BCUT2D eigenvalue weighted by molar-refractivity contribution is 0.0962. The molecule has 0 amide bonds. The third-order valence-electron chi connectivity index (χ3n) is 5.29. The Hall–Kier alpha value is -3.33. The lowest BCUT2D eigenvalue weighted by Gasteiger charge is -2.10. The van der Waals surface area contributed by atoms with Gasteiger partial charge in [0.1, 0.15) is 5.75 Å². The number of carbonyl (C=O) groups is 1. The first kappa shape index (κ1) is 19.0. The van der Waals surface area contributed by atoms with Gasteiger partial charge in [-0.2, -0.15) is 0 Å². The fourth-order valence-electron chi connectivity index (χ4n) is 3.78. The molecule has 0 spiro atoms. The lowest BCUT2D eigenvalue weighted by Crippen LogP contribution is -2.13. The highest BCUT2D eigenvalue weighted by molar-refractivity contribution is 6.03. The van der Waals surface area contributed by atoms with Crippen LogP contribution in [-0.4, -0.2) is 17.1 Å². The molecule has 0 radical (unpaired) electrons. The van der Waals surface area contributed by atoms with Crippen LogP contribution in [0.4, 0.5) is 0 Å². The van der Waals surface area contributed by atoms with Crippen molar-refractivity contribution in [1.82, 2.24) is 4.57 Å². The summed E-state index contributed by atoms with van der Waals surface area (Å²) in [4.78, 5) is 13.3. The van der Waals surface area contributed by atoms with Crippen molar-refractivity contribution in [2.75, 3.05) is 6.61 Å². The summed E-state index contributed by atoms with van der Waals surface area (Å²) in [6, 6.07) is 26.0. The molecule has 0 aliphatic heterocycles. The quantitative estimate of drug-likeness (QED) is 0.420. The zero-order chi connectivity index (χ0) is 20.2. The van der Waals surface area contributed by atoms with E-state index in [1.54, 1.807) is 4.57 Å². The maximum Gasteiger partial charge on any atom is 0.262 e. The lowest BCUT2D eigenvalue weighted by atomic mass is 10.1. The Balaban J connectivity index is 1.56. The number of ether oxygens (including phenoxy) is 1. The summed E-state index contributed by atoms with van der Waals surface area (Å²) in [6.45, 7) is 4.70. The molecule has 146 valence electrons. The molecule has 1 aromatic heterocycles. The number of rotatable bonds is 6. The van der Waals surface area contributed by atoms with Gasteiger partial charge in [-0.1, -0.05) is 55.5 Å². The standard InChI is InChI=1S/C26H25NO2/c1-3-21-11-8-14-25-24(21)17-19(2)27(25)26(28)22-12-7-13-23(18-22)29-16-15-20-9-5-4-6-10-20/h4-14,17-18H,3,15-16H2,1-2H3.